The molecule has 0 aromatic heterocycles. The van der Waals surface area contributed by atoms with E-state index in [4.69, 9.17) is 14.2 Å². The summed E-state index contributed by atoms with van der Waals surface area (Å²) in [6.07, 6.45) is 1.42. The van der Waals surface area contributed by atoms with Crippen molar-refractivity contribution in [2.45, 2.75) is 6.42 Å². The van der Waals surface area contributed by atoms with Crippen molar-refractivity contribution in [3.8, 4) is 17.2 Å². The van der Waals surface area contributed by atoms with Crippen LogP contribution in [0.4, 0.5) is 4.79 Å². The maximum absolute atomic E-state index is 12.2. The van der Waals surface area contributed by atoms with Gasteiger partial charge in [-0.15, -0.1) is 0 Å². The number of carbonyl (C=O) groups is 2. The Hall–Kier alpha value is -2.64. The van der Waals surface area contributed by atoms with Crippen LogP contribution in [0.5, 0.6) is 17.2 Å². The van der Waals surface area contributed by atoms with E-state index in [1.165, 1.54) is 0 Å². The summed E-state index contributed by atoms with van der Waals surface area (Å²) in [5, 5.41) is 2.90. The molecule has 25 heavy (non-hydrogen) atoms. The van der Waals surface area contributed by atoms with Crippen LogP contribution in [-0.4, -0.2) is 76.3 Å². The fourth-order valence-electron chi connectivity index (χ4n) is 2.73. The van der Waals surface area contributed by atoms with E-state index in [1.807, 2.05) is 6.07 Å². The summed E-state index contributed by atoms with van der Waals surface area (Å²) in [6.45, 7) is 2.70. The number of carbonyl (C=O) groups excluding carboxylic acids is 2. The molecule has 1 heterocycles. The average molecular weight is 351 g/mol. The number of amides is 3. The molecule has 0 unspecified atom stereocenters. The largest absolute Gasteiger partial charge is 0.496 e. The molecule has 0 aliphatic carbocycles. The Kier molecular flexibility index (Phi) is 6.73. The van der Waals surface area contributed by atoms with Crippen molar-refractivity contribution in [1.82, 2.24) is 15.1 Å². The molecule has 0 spiro atoms. The van der Waals surface area contributed by atoms with Gasteiger partial charge in [0.1, 0.15) is 5.75 Å². The van der Waals surface area contributed by atoms with Gasteiger partial charge >= 0.3 is 6.03 Å². The second-order valence-corrected chi connectivity index (χ2v) is 5.63. The lowest BCUT2D eigenvalue weighted by atomic mass is 10.1. The minimum atomic E-state index is -0.120. The first-order valence-electron chi connectivity index (χ1n) is 8.14. The Morgan fingerprint density at radius 1 is 1.04 bits per heavy atom. The minimum Gasteiger partial charge on any atom is -0.496 e. The highest BCUT2D eigenvalue weighted by Gasteiger charge is 2.20. The molecule has 1 aliphatic heterocycles. The van der Waals surface area contributed by atoms with E-state index in [0.29, 0.717) is 56.4 Å². The summed E-state index contributed by atoms with van der Waals surface area (Å²) in [5.74, 6) is 1.90. The Balaban J connectivity index is 1.90. The third-order valence-electron chi connectivity index (χ3n) is 4.21. The Bertz CT molecular complexity index is 600. The van der Waals surface area contributed by atoms with Gasteiger partial charge in [0.2, 0.25) is 6.41 Å². The van der Waals surface area contributed by atoms with Crippen molar-refractivity contribution in [2.24, 2.45) is 0 Å². The zero-order valence-electron chi connectivity index (χ0n) is 14.9. The number of benzene rings is 1. The molecule has 1 fully saturated rings. The van der Waals surface area contributed by atoms with Gasteiger partial charge in [-0.25, -0.2) is 4.79 Å². The molecular weight excluding hydrogens is 326 g/mol. The SMILES string of the molecule is COc1cc(OC)c(OC)cc1CCNC(=O)N1CCN(C=O)CC1. The minimum absolute atomic E-state index is 0.120. The first kappa shape index (κ1) is 18.7. The molecule has 8 heteroatoms. The third kappa shape index (κ3) is 4.68. The molecular formula is C17H25N3O5. The van der Waals surface area contributed by atoms with Gasteiger partial charge in [-0.05, 0) is 18.1 Å². The van der Waals surface area contributed by atoms with E-state index in [9.17, 15) is 9.59 Å². The van der Waals surface area contributed by atoms with E-state index in [2.05, 4.69) is 5.32 Å². The van der Waals surface area contributed by atoms with Crippen molar-refractivity contribution in [3.05, 3.63) is 17.7 Å². The maximum Gasteiger partial charge on any atom is 0.317 e. The maximum atomic E-state index is 12.2. The van der Waals surface area contributed by atoms with Gasteiger partial charge in [-0.1, -0.05) is 0 Å². The molecule has 138 valence electrons. The van der Waals surface area contributed by atoms with Gasteiger partial charge in [0.25, 0.3) is 0 Å². The zero-order chi connectivity index (χ0) is 18.2. The summed E-state index contributed by atoms with van der Waals surface area (Å²) >= 11 is 0. The molecule has 0 atom stereocenters. The fourth-order valence-corrected chi connectivity index (χ4v) is 2.73. The van der Waals surface area contributed by atoms with Crippen LogP contribution in [0.3, 0.4) is 0 Å². The summed E-state index contributed by atoms with van der Waals surface area (Å²) in [7, 11) is 4.74. The molecule has 3 amide bonds. The lowest BCUT2D eigenvalue weighted by Gasteiger charge is -2.32. The number of urea groups is 1. The number of hydrogen-bond donors (Lipinski definition) is 1. The van der Waals surface area contributed by atoms with E-state index in [1.54, 1.807) is 37.2 Å². The van der Waals surface area contributed by atoms with E-state index in [0.717, 1.165) is 12.0 Å². The third-order valence-corrected chi connectivity index (χ3v) is 4.21. The van der Waals surface area contributed by atoms with Gasteiger partial charge in [0, 0.05) is 38.8 Å². The molecule has 0 bridgehead atoms. The molecule has 0 radical (unpaired) electrons. The summed E-state index contributed by atoms with van der Waals surface area (Å²) < 4.78 is 16.0. The van der Waals surface area contributed by atoms with Crippen LogP contribution in [0.25, 0.3) is 0 Å². The van der Waals surface area contributed by atoms with Gasteiger partial charge < -0.3 is 29.3 Å². The Morgan fingerprint density at radius 3 is 2.20 bits per heavy atom. The van der Waals surface area contributed by atoms with E-state index in [-0.39, 0.29) is 6.03 Å². The number of ether oxygens (including phenoxy) is 3. The van der Waals surface area contributed by atoms with E-state index >= 15 is 0 Å². The zero-order valence-corrected chi connectivity index (χ0v) is 14.9. The standard InChI is InChI=1S/C17H25N3O5/c1-23-14-11-16(25-3)15(24-2)10-13(14)4-5-18-17(22)20-8-6-19(12-21)7-9-20/h10-12H,4-9H2,1-3H3,(H,18,22). The van der Waals surface area contributed by atoms with Gasteiger partial charge in [-0.3, -0.25) is 4.79 Å². The number of rotatable bonds is 7. The molecule has 1 N–H and O–H groups in total. The Morgan fingerprint density at radius 2 is 1.64 bits per heavy atom. The normalized spacial score (nSPS) is 14.0. The van der Waals surface area contributed by atoms with Gasteiger partial charge in [0.05, 0.1) is 21.3 Å². The van der Waals surface area contributed by atoms with Gasteiger partial charge in [-0.2, -0.15) is 0 Å². The number of nitrogens with zero attached hydrogens (tertiary/aromatic N) is 2. The smallest absolute Gasteiger partial charge is 0.317 e. The molecule has 1 aromatic carbocycles. The molecule has 2 rings (SSSR count). The van der Waals surface area contributed by atoms with Crippen molar-refractivity contribution in [1.29, 1.82) is 0 Å². The molecule has 1 saturated heterocycles. The first-order valence-corrected chi connectivity index (χ1v) is 8.14. The van der Waals surface area contributed by atoms with Crippen molar-refractivity contribution < 1.29 is 23.8 Å². The van der Waals surface area contributed by atoms with E-state index < -0.39 is 0 Å². The van der Waals surface area contributed by atoms with Crippen LogP contribution < -0.4 is 19.5 Å². The molecule has 1 aromatic rings. The van der Waals surface area contributed by atoms with Crippen LogP contribution in [0.15, 0.2) is 12.1 Å². The highest BCUT2D eigenvalue weighted by molar-refractivity contribution is 5.74. The lowest BCUT2D eigenvalue weighted by molar-refractivity contribution is -0.119. The number of piperazine rings is 1. The highest BCUT2D eigenvalue weighted by Crippen LogP contribution is 2.34. The number of methoxy groups -OCH3 is 3. The average Bonchev–Trinajstić information content (AvgIpc) is 2.67. The van der Waals surface area contributed by atoms with Crippen LogP contribution in [-0.2, 0) is 11.2 Å². The predicted molar refractivity (Wildman–Crippen MR) is 92.4 cm³/mol. The highest BCUT2D eigenvalue weighted by atomic mass is 16.5. The van der Waals surface area contributed by atoms with Crippen LogP contribution in [0, 0.1) is 0 Å². The van der Waals surface area contributed by atoms with Crippen molar-refractivity contribution >= 4 is 12.4 Å². The van der Waals surface area contributed by atoms with Crippen molar-refractivity contribution in [2.75, 3.05) is 54.1 Å². The number of nitrogens with one attached hydrogen (secondary N) is 1. The summed E-state index contributed by atoms with van der Waals surface area (Å²) in [6, 6.07) is 3.51. The monoisotopic (exact) mass is 351 g/mol. The van der Waals surface area contributed by atoms with Crippen LogP contribution >= 0.6 is 0 Å². The first-order chi connectivity index (χ1) is 12.1. The lowest BCUT2D eigenvalue weighted by Crippen LogP contribution is -2.51. The molecule has 8 nitrogen and oxygen atoms in total. The van der Waals surface area contributed by atoms with Gasteiger partial charge in [0.15, 0.2) is 11.5 Å². The summed E-state index contributed by atoms with van der Waals surface area (Å²) in [5.41, 5.74) is 0.922. The predicted octanol–water partition coefficient (Wildman–Crippen LogP) is 0.738. The topological polar surface area (TPSA) is 80.3 Å². The fraction of sp³-hybridized carbons (Fsp3) is 0.529. The molecule has 1 aliphatic rings. The number of hydrogen-bond acceptors (Lipinski definition) is 5. The summed E-state index contributed by atoms with van der Waals surface area (Å²) in [4.78, 5) is 26.3. The molecule has 0 saturated carbocycles. The Labute approximate surface area is 147 Å². The van der Waals surface area contributed by atoms with Crippen LogP contribution in [0.1, 0.15) is 5.56 Å². The second-order valence-electron chi connectivity index (χ2n) is 5.63. The van der Waals surface area contributed by atoms with Crippen LogP contribution in [0.2, 0.25) is 0 Å². The quantitative estimate of drug-likeness (QED) is 0.733. The second kappa shape index (κ2) is 9.00. The van der Waals surface area contributed by atoms with Crippen molar-refractivity contribution in [3.63, 3.8) is 0 Å².